The topological polar surface area (TPSA) is 26.3 Å². The van der Waals surface area contributed by atoms with Crippen LogP contribution in [-0.4, -0.2) is 18.2 Å². The van der Waals surface area contributed by atoms with Gasteiger partial charge in [0.05, 0.1) is 11.6 Å². The average Bonchev–Trinajstić information content (AvgIpc) is 2.72. The molecule has 2 rings (SSSR count). The Morgan fingerprint density at radius 3 is 2.50 bits per heavy atom. The lowest BCUT2D eigenvalue weighted by molar-refractivity contribution is 0.112. The van der Waals surface area contributed by atoms with Crippen LogP contribution in [0.5, 0.6) is 5.75 Å². The van der Waals surface area contributed by atoms with Crippen LogP contribution >= 0.6 is 27.5 Å². The van der Waals surface area contributed by atoms with Crippen LogP contribution in [-0.2, 0) is 0 Å². The normalized spacial score (nSPS) is 18.3. The molecule has 0 heterocycles. The zero-order valence-corrected chi connectivity index (χ0v) is 13.9. The number of hydrogen-bond donors (Lipinski definition) is 0. The van der Waals surface area contributed by atoms with Crippen molar-refractivity contribution < 1.29 is 9.53 Å². The van der Waals surface area contributed by atoms with Gasteiger partial charge in [0.15, 0.2) is 0 Å². The first-order chi connectivity index (χ1) is 9.69. The number of hydrogen-bond acceptors (Lipinski definition) is 2. The Labute approximate surface area is 134 Å². The van der Waals surface area contributed by atoms with E-state index in [2.05, 4.69) is 15.9 Å². The minimum Gasteiger partial charge on any atom is -0.491 e. The van der Waals surface area contributed by atoms with Crippen molar-refractivity contribution in [2.75, 3.05) is 11.9 Å². The van der Waals surface area contributed by atoms with E-state index < -0.39 is 0 Å². The lowest BCUT2D eigenvalue weighted by atomic mass is 9.83. The molecule has 0 aliphatic heterocycles. The maximum atomic E-state index is 10.7. The first-order valence-corrected chi connectivity index (χ1v) is 8.63. The number of carbonyl (C=O) groups excluding carboxylic acids is 1. The number of aldehydes is 1. The second kappa shape index (κ2) is 7.46. The lowest BCUT2D eigenvalue weighted by Gasteiger charge is -2.30. The maximum absolute atomic E-state index is 10.7. The van der Waals surface area contributed by atoms with Crippen LogP contribution in [0, 0.1) is 5.41 Å². The molecule has 0 spiro atoms. The number of carbonyl (C=O) groups is 1. The van der Waals surface area contributed by atoms with E-state index in [-0.39, 0.29) is 5.41 Å². The maximum Gasteiger partial charge on any atom is 0.150 e. The van der Waals surface area contributed by atoms with Gasteiger partial charge in [-0.1, -0.05) is 53.2 Å². The molecular weight excluding hydrogens is 340 g/mol. The molecule has 0 unspecified atom stereocenters. The summed E-state index contributed by atoms with van der Waals surface area (Å²) in [5.74, 6) is 0.668. The summed E-state index contributed by atoms with van der Waals surface area (Å²) in [5.41, 5.74) is 0.787. The summed E-state index contributed by atoms with van der Waals surface area (Å²) in [6, 6.07) is 5.17. The minimum atomic E-state index is 0.211. The van der Waals surface area contributed by atoms with Gasteiger partial charge < -0.3 is 4.74 Å². The predicted molar refractivity (Wildman–Crippen MR) is 86.3 cm³/mol. The molecule has 1 aliphatic carbocycles. The third-order valence-electron chi connectivity index (χ3n) is 4.07. The summed E-state index contributed by atoms with van der Waals surface area (Å²) in [6.45, 7) is 0.679. The van der Waals surface area contributed by atoms with Crippen LogP contribution in [0.3, 0.4) is 0 Å². The average molecular weight is 360 g/mol. The number of alkyl halides is 1. The predicted octanol–water partition coefficient (Wildman–Crippen LogP) is 5.27. The van der Waals surface area contributed by atoms with Crippen molar-refractivity contribution in [3.05, 3.63) is 28.8 Å². The van der Waals surface area contributed by atoms with E-state index in [1.165, 1.54) is 38.5 Å². The third kappa shape index (κ3) is 3.98. The highest BCUT2D eigenvalue weighted by Gasteiger charge is 2.31. The molecule has 1 aliphatic rings. The van der Waals surface area contributed by atoms with Gasteiger partial charge in [0.2, 0.25) is 0 Å². The van der Waals surface area contributed by atoms with Crippen LogP contribution in [0.15, 0.2) is 18.2 Å². The Bertz CT molecular complexity index is 454. The van der Waals surface area contributed by atoms with Gasteiger partial charge in [-0.25, -0.2) is 0 Å². The van der Waals surface area contributed by atoms with Gasteiger partial charge in [-0.05, 0) is 31.0 Å². The second-order valence-corrected chi connectivity index (χ2v) is 6.61. The molecule has 1 aromatic rings. The molecule has 0 radical (unpaired) electrons. The fraction of sp³-hybridized carbons (Fsp3) is 0.562. The highest BCUT2D eigenvalue weighted by Crippen LogP contribution is 2.38. The second-order valence-electron chi connectivity index (χ2n) is 5.64. The smallest absolute Gasteiger partial charge is 0.150 e. The Morgan fingerprint density at radius 2 is 1.95 bits per heavy atom. The first kappa shape index (κ1) is 15.8. The molecule has 1 aromatic carbocycles. The first-order valence-electron chi connectivity index (χ1n) is 7.13. The molecule has 0 bridgehead atoms. The molecule has 2 nitrogen and oxygen atoms in total. The lowest BCUT2D eigenvalue weighted by Crippen LogP contribution is -2.30. The molecule has 20 heavy (non-hydrogen) atoms. The SMILES string of the molecule is O=Cc1ccc(OCC2(CBr)CCCCCC2)c(Cl)c1. The molecule has 0 saturated heterocycles. The van der Waals surface area contributed by atoms with Crippen molar-refractivity contribution in [1.29, 1.82) is 0 Å². The molecule has 1 saturated carbocycles. The van der Waals surface area contributed by atoms with Crippen molar-refractivity contribution in [2.45, 2.75) is 38.5 Å². The molecule has 0 N–H and O–H groups in total. The van der Waals surface area contributed by atoms with Gasteiger partial charge in [0, 0.05) is 16.3 Å². The zero-order valence-electron chi connectivity index (χ0n) is 11.5. The number of halogens is 2. The van der Waals surface area contributed by atoms with E-state index in [1.807, 2.05) is 0 Å². The molecular formula is C16H20BrClO2. The summed E-state index contributed by atoms with van der Waals surface area (Å²) in [7, 11) is 0. The molecule has 0 amide bonds. The fourth-order valence-corrected chi connectivity index (χ4v) is 3.70. The van der Waals surface area contributed by atoms with E-state index in [4.69, 9.17) is 16.3 Å². The van der Waals surface area contributed by atoms with E-state index in [0.29, 0.717) is 22.9 Å². The van der Waals surface area contributed by atoms with Crippen molar-refractivity contribution in [3.8, 4) is 5.75 Å². The van der Waals surface area contributed by atoms with E-state index in [0.717, 1.165) is 11.6 Å². The zero-order chi connectivity index (χ0) is 14.4. The molecule has 0 aromatic heterocycles. The van der Waals surface area contributed by atoms with Gasteiger partial charge in [-0.15, -0.1) is 0 Å². The van der Waals surface area contributed by atoms with Gasteiger partial charge in [0.1, 0.15) is 12.0 Å². The summed E-state index contributed by atoms with van der Waals surface area (Å²) in [4.78, 5) is 10.7. The van der Waals surface area contributed by atoms with Crippen molar-refractivity contribution in [2.24, 2.45) is 5.41 Å². The molecule has 4 heteroatoms. The molecule has 1 fully saturated rings. The fourth-order valence-electron chi connectivity index (χ4n) is 2.73. The van der Waals surface area contributed by atoms with Crippen molar-refractivity contribution >= 4 is 33.8 Å². The quantitative estimate of drug-likeness (QED) is 0.407. The number of ether oxygens (including phenoxy) is 1. The largest absolute Gasteiger partial charge is 0.491 e. The standard InChI is InChI=1S/C16H20BrClO2/c17-11-16(7-3-1-2-4-8-16)12-20-15-6-5-13(10-19)9-14(15)18/h5-6,9-10H,1-4,7-8,11-12H2. The third-order valence-corrected chi connectivity index (χ3v) is 5.56. The Kier molecular flexibility index (Phi) is 5.91. The molecule has 110 valence electrons. The summed E-state index contributed by atoms with van der Waals surface area (Å²) in [6.07, 6.45) is 8.37. The molecule has 0 atom stereocenters. The Balaban J connectivity index is 2.04. The van der Waals surface area contributed by atoms with Crippen molar-refractivity contribution in [1.82, 2.24) is 0 Å². The van der Waals surface area contributed by atoms with Crippen LogP contribution < -0.4 is 4.74 Å². The van der Waals surface area contributed by atoms with E-state index in [1.54, 1.807) is 18.2 Å². The summed E-state index contributed by atoms with van der Waals surface area (Å²) < 4.78 is 5.95. The number of rotatable bonds is 5. The summed E-state index contributed by atoms with van der Waals surface area (Å²) in [5, 5.41) is 1.47. The number of benzene rings is 1. The van der Waals surface area contributed by atoms with Crippen LogP contribution in [0.2, 0.25) is 5.02 Å². The van der Waals surface area contributed by atoms with Crippen LogP contribution in [0.1, 0.15) is 48.9 Å². The van der Waals surface area contributed by atoms with E-state index in [9.17, 15) is 4.79 Å². The van der Waals surface area contributed by atoms with Gasteiger partial charge in [0.25, 0.3) is 0 Å². The highest BCUT2D eigenvalue weighted by atomic mass is 79.9. The summed E-state index contributed by atoms with van der Waals surface area (Å²) >= 11 is 9.81. The van der Waals surface area contributed by atoms with Crippen LogP contribution in [0.4, 0.5) is 0 Å². The van der Waals surface area contributed by atoms with Crippen LogP contribution in [0.25, 0.3) is 0 Å². The van der Waals surface area contributed by atoms with Gasteiger partial charge in [-0.3, -0.25) is 4.79 Å². The monoisotopic (exact) mass is 358 g/mol. The van der Waals surface area contributed by atoms with Gasteiger partial charge in [-0.2, -0.15) is 0 Å². The van der Waals surface area contributed by atoms with Gasteiger partial charge >= 0.3 is 0 Å². The highest BCUT2D eigenvalue weighted by molar-refractivity contribution is 9.09. The Morgan fingerprint density at radius 1 is 1.25 bits per heavy atom. The minimum absolute atomic E-state index is 0.211. The Hall–Kier alpha value is -0.540. The van der Waals surface area contributed by atoms with Crippen molar-refractivity contribution in [3.63, 3.8) is 0 Å². The van der Waals surface area contributed by atoms with E-state index >= 15 is 0 Å².